The zero-order chi connectivity index (χ0) is 22.5. The minimum Gasteiger partial charge on any atom is -0.481 e. The zero-order valence-electron chi connectivity index (χ0n) is 18.1. The Kier molecular flexibility index (Phi) is 12.9. The summed E-state index contributed by atoms with van der Waals surface area (Å²) in [6, 6.07) is 0. The summed E-state index contributed by atoms with van der Waals surface area (Å²) < 4.78 is 33.2. The van der Waals surface area contributed by atoms with E-state index in [1.54, 1.807) is 34.6 Å². The Labute approximate surface area is 173 Å². The Morgan fingerprint density at radius 2 is 1.41 bits per heavy atom. The number of methoxy groups -OCH3 is 1. The molecule has 1 N–H and O–H groups in total. The Balaban J connectivity index is 6.25. The monoisotopic (exact) mass is 438 g/mol. The first kappa shape index (κ1) is 27.5. The first-order chi connectivity index (χ1) is 13.7. The molecule has 0 fully saturated rings. The van der Waals surface area contributed by atoms with Crippen molar-refractivity contribution >= 4 is 26.7 Å². The van der Waals surface area contributed by atoms with Gasteiger partial charge < -0.3 is 32.6 Å². The number of carbonyl (C=O) groups is 3. The number of esters is 2. The molecule has 10 nitrogen and oxygen atoms in total. The molecular weight excluding hydrogens is 404 g/mol. The summed E-state index contributed by atoms with van der Waals surface area (Å²) in [5.74, 6) is -3.13. The zero-order valence-corrected chi connectivity index (χ0v) is 19.1. The van der Waals surface area contributed by atoms with E-state index >= 15 is 0 Å². The number of hydrogen-bond acceptors (Lipinski definition) is 9. The average Bonchev–Trinajstić information content (AvgIpc) is 2.65. The van der Waals surface area contributed by atoms with Crippen molar-refractivity contribution in [2.75, 3.05) is 33.5 Å². The molecule has 170 valence electrons. The van der Waals surface area contributed by atoms with Gasteiger partial charge in [-0.05, 0) is 34.1 Å². The first-order valence-corrected chi connectivity index (χ1v) is 11.6. The molecule has 0 aliphatic heterocycles. The van der Waals surface area contributed by atoms with Crippen molar-refractivity contribution in [1.82, 2.24) is 0 Å². The van der Waals surface area contributed by atoms with E-state index in [1.807, 2.05) is 0 Å². The molecule has 0 rings (SSSR count). The highest BCUT2D eigenvalue weighted by atomic mass is 28.4. The highest BCUT2D eigenvalue weighted by molar-refractivity contribution is 6.62. The van der Waals surface area contributed by atoms with Gasteiger partial charge in [-0.2, -0.15) is 0 Å². The van der Waals surface area contributed by atoms with Gasteiger partial charge in [0.25, 0.3) is 0 Å². The maximum Gasteiger partial charge on any atom is 0.531 e. The van der Waals surface area contributed by atoms with E-state index in [0.29, 0.717) is 0 Å². The Morgan fingerprint density at radius 3 is 1.76 bits per heavy atom. The number of ether oxygens (including phenoxy) is 3. The van der Waals surface area contributed by atoms with E-state index in [-0.39, 0.29) is 32.8 Å². The van der Waals surface area contributed by atoms with Crippen LogP contribution in [0.2, 0.25) is 0 Å². The van der Waals surface area contributed by atoms with Gasteiger partial charge in [0.15, 0.2) is 5.60 Å². The standard InChI is InChI=1S/C18H34O10Si/c1-7-16(29(25-9-3,26-10-4)27-11-5)28-18(12-14(19)20,17(22)23-6)13-15(21)24-8-2/h16H,7-13H2,1-6H3,(H,19,20). The van der Waals surface area contributed by atoms with Gasteiger partial charge in [0, 0.05) is 19.8 Å². The lowest BCUT2D eigenvalue weighted by atomic mass is 9.95. The summed E-state index contributed by atoms with van der Waals surface area (Å²) in [4.78, 5) is 36.4. The van der Waals surface area contributed by atoms with Crippen LogP contribution in [0.15, 0.2) is 0 Å². The summed E-state index contributed by atoms with van der Waals surface area (Å²) in [5.41, 5.74) is -3.02. The van der Waals surface area contributed by atoms with E-state index < -0.39 is 50.9 Å². The van der Waals surface area contributed by atoms with Crippen LogP contribution in [-0.2, 0) is 41.9 Å². The third kappa shape index (κ3) is 8.01. The Morgan fingerprint density at radius 1 is 0.897 bits per heavy atom. The molecule has 0 aliphatic carbocycles. The normalized spacial score (nSPS) is 14.7. The second-order valence-electron chi connectivity index (χ2n) is 5.96. The average molecular weight is 439 g/mol. The van der Waals surface area contributed by atoms with Gasteiger partial charge in [0.2, 0.25) is 0 Å². The fourth-order valence-corrected chi connectivity index (χ4v) is 5.78. The lowest BCUT2D eigenvalue weighted by Crippen LogP contribution is -2.61. The summed E-state index contributed by atoms with van der Waals surface area (Å²) in [5, 5.41) is 9.41. The SMILES string of the molecule is CCOC(=O)CC(CC(=O)O)(OC(CC)[Si](OCC)(OCC)OCC)C(=O)OC. The molecule has 0 spiro atoms. The van der Waals surface area contributed by atoms with Crippen molar-refractivity contribution in [1.29, 1.82) is 0 Å². The molecule has 11 heteroatoms. The van der Waals surface area contributed by atoms with Crippen LogP contribution in [-0.4, -0.2) is 76.7 Å². The van der Waals surface area contributed by atoms with Crippen molar-refractivity contribution in [3.8, 4) is 0 Å². The number of rotatable bonds is 16. The largest absolute Gasteiger partial charge is 0.531 e. The second kappa shape index (κ2) is 13.6. The lowest BCUT2D eigenvalue weighted by molar-refractivity contribution is -0.189. The molecule has 0 aromatic heterocycles. The van der Waals surface area contributed by atoms with Crippen LogP contribution in [0.3, 0.4) is 0 Å². The summed E-state index contributed by atoms with van der Waals surface area (Å²) in [6.07, 6.45) is -1.15. The van der Waals surface area contributed by atoms with Crippen LogP contribution >= 0.6 is 0 Å². The molecule has 29 heavy (non-hydrogen) atoms. The highest BCUT2D eigenvalue weighted by Gasteiger charge is 2.56. The first-order valence-electron chi connectivity index (χ1n) is 9.76. The molecule has 0 bridgehead atoms. The Bertz CT molecular complexity index is 510. The van der Waals surface area contributed by atoms with Crippen LogP contribution in [0.4, 0.5) is 0 Å². The molecule has 2 atom stereocenters. The molecule has 0 aromatic carbocycles. The van der Waals surface area contributed by atoms with Crippen LogP contribution in [0.25, 0.3) is 0 Å². The lowest BCUT2D eigenvalue weighted by Gasteiger charge is -2.39. The Hall–Kier alpha value is -1.53. The van der Waals surface area contributed by atoms with Gasteiger partial charge in [-0.25, -0.2) is 4.79 Å². The molecule has 0 aromatic rings. The minimum absolute atomic E-state index is 0.0654. The van der Waals surface area contributed by atoms with Crippen LogP contribution in [0.1, 0.15) is 53.9 Å². The van der Waals surface area contributed by atoms with E-state index in [9.17, 15) is 19.5 Å². The third-order valence-electron chi connectivity index (χ3n) is 3.90. The molecule has 0 radical (unpaired) electrons. The van der Waals surface area contributed by atoms with Gasteiger partial charge >= 0.3 is 26.7 Å². The van der Waals surface area contributed by atoms with E-state index in [0.717, 1.165) is 7.11 Å². The molecule has 2 unspecified atom stereocenters. The van der Waals surface area contributed by atoms with Crippen molar-refractivity contribution in [3.63, 3.8) is 0 Å². The maximum absolute atomic E-state index is 12.6. The van der Waals surface area contributed by atoms with Crippen LogP contribution in [0, 0.1) is 0 Å². The minimum atomic E-state index is -3.49. The van der Waals surface area contributed by atoms with Crippen LogP contribution in [0.5, 0.6) is 0 Å². The number of aliphatic carboxylic acids is 1. The van der Waals surface area contributed by atoms with Gasteiger partial charge in [-0.3, -0.25) is 9.59 Å². The summed E-state index contributed by atoms with van der Waals surface area (Å²) in [7, 11) is -2.40. The number of hydrogen-bond donors (Lipinski definition) is 1. The summed E-state index contributed by atoms with van der Waals surface area (Å²) in [6.45, 7) is 9.48. The third-order valence-corrected chi connectivity index (χ3v) is 7.29. The van der Waals surface area contributed by atoms with Gasteiger partial charge in [-0.1, -0.05) is 6.92 Å². The van der Waals surface area contributed by atoms with E-state index in [2.05, 4.69) is 0 Å². The van der Waals surface area contributed by atoms with Crippen molar-refractivity contribution in [3.05, 3.63) is 0 Å². The van der Waals surface area contributed by atoms with E-state index in [1.165, 1.54) is 0 Å². The maximum atomic E-state index is 12.6. The molecular formula is C18H34O10Si. The molecule has 0 aliphatic rings. The summed E-state index contributed by atoms with van der Waals surface area (Å²) >= 11 is 0. The van der Waals surface area contributed by atoms with Crippen molar-refractivity contribution in [2.24, 2.45) is 0 Å². The molecule has 0 heterocycles. The molecule has 0 saturated heterocycles. The highest BCUT2D eigenvalue weighted by Crippen LogP contribution is 2.31. The fraction of sp³-hybridized carbons (Fsp3) is 0.833. The van der Waals surface area contributed by atoms with Crippen LogP contribution < -0.4 is 0 Å². The van der Waals surface area contributed by atoms with Crippen molar-refractivity contribution < 1.29 is 47.0 Å². The van der Waals surface area contributed by atoms with Gasteiger partial charge in [-0.15, -0.1) is 0 Å². The predicted molar refractivity (Wildman–Crippen MR) is 104 cm³/mol. The smallest absolute Gasteiger partial charge is 0.481 e. The van der Waals surface area contributed by atoms with Gasteiger partial charge in [0.05, 0.1) is 26.6 Å². The second-order valence-corrected chi connectivity index (χ2v) is 8.67. The van der Waals surface area contributed by atoms with Crippen molar-refractivity contribution in [2.45, 2.75) is 65.2 Å². The number of carbonyl (C=O) groups excluding carboxylic acids is 2. The van der Waals surface area contributed by atoms with Gasteiger partial charge in [0.1, 0.15) is 5.73 Å². The van der Waals surface area contributed by atoms with E-state index in [4.69, 9.17) is 27.5 Å². The molecule has 0 saturated carbocycles. The number of carboxylic acid groups (broad SMARTS) is 1. The fourth-order valence-electron chi connectivity index (χ4n) is 2.90. The predicted octanol–water partition coefficient (Wildman–Crippen LogP) is 1.71. The topological polar surface area (TPSA) is 127 Å². The quantitative estimate of drug-likeness (QED) is 0.281. The number of carboxylic acids is 1. The molecule has 0 amide bonds.